The van der Waals surface area contributed by atoms with E-state index in [1.165, 1.54) is 4.90 Å². The molecule has 4 atom stereocenters. The quantitative estimate of drug-likeness (QED) is 0.580. The van der Waals surface area contributed by atoms with Crippen LogP contribution >= 0.6 is 23.2 Å². The lowest BCUT2D eigenvalue weighted by atomic mass is 9.85. The zero-order chi connectivity index (χ0) is 15.2. The Morgan fingerprint density at radius 3 is 2.05 bits per heavy atom. The fraction of sp³-hybridized carbons (Fsp3) is 0.412. The van der Waals surface area contributed by atoms with Crippen LogP contribution < -0.4 is 4.90 Å². The number of halogens is 2. The molecule has 2 saturated carbocycles. The van der Waals surface area contributed by atoms with E-state index in [4.69, 9.17) is 23.2 Å². The summed E-state index contributed by atoms with van der Waals surface area (Å²) in [4.78, 5) is 27.1. The summed E-state index contributed by atoms with van der Waals surface area (Å²) in [5.41, 5.74) is 0.757. The molecule has 22 heavy (non-hydrogen) atoms. The van der Waals surface area contributed by atoms with Crippen molar-refractivity contribution >= 4 is 40.7 Å². The highest BCUT2D eigenvalue weighted by Gasteiger charge is 2.73. The van der Waals surface area contributed by atoms with Crippen molar-refractivity contribution in [1.82, 2.24) is 0 Å². The van der Waals surface area contributed by atoms with Gasteiger partial charge in [0.25, 0.3) is 0 Å². The predicted octanol–water partition coefficient (Wildman–Crippen LogP) is 3.70. The van der Waals surface area contributed by atoms with Gasteiger partial charge in [0.15, 0.2) is 0 Å². The van der Waals surface area contributed by atoms with E-state index in [1.54, 1.807) is 18.2 Å². The first-order chi connectivity index (χ1) is 10.5. The molecule has 2 amide bonds. The van der Waals surface area contributed by atoms with Gasteiger partial charge in [0, 0.05) is 0 Å². The molecule has 1 aromatic carbocycles. The highest BCUT2D eigenvalue weighted by Crippen LogP contribution is 2.73. The Balaban J connectivity index is 1.57. The number of rotatable bonds is 1. The summed E-state index contributed by atoms with van der Waals surface area (Å²) in [6.07, 6.45) is 6.63. The van der Waals surface area contributed by atoms with Crippen molar-refractivity contribution in [3.8, 4) is 0 Å². The molecule has 0 aromatic heterocycles. The van der Waals surface area contributed by atoms with Crippen LogP contribution in [0.1, 0.15) is 12.8 Å². The molecule has 0 unspecified atom stereocenters. The van der Waals surface area contributed by atoms with Crippen LogP contribution in [0.2, 0.25) is 10.0 Å². The number of anilines is 1. The number of allylic oxidation sites excluding steroid dienone is 2. The Morgan fingerprint density at radius 1 is 0.955 bits per heavy atom. The van der Waals surface area contributed by atoms with Crippen LogP contribution in [0.25, 0.3) is 0 Å². The average molecular weight is 334 g/mol. The van der Waals surface area contributed by atoms with Gasteiger partial charge in [-0.2, -0.15) is 0 Å². The van der Waals surface area contributed by atoms with Crippen molar-refractivity contribution in [2.24, 2.45) is 29.1 Å². The fourth-order valence-electron chi connectivity index (χ4n) is 4.96. The number of hydrogen-bond acceptors (Lipinski definition) is 2. The lowest BCUT2D eigenvalue weighted by Crippen LogP contribution is -2.34. The minimum absolute atomic E-state index is 0.0727. The second-order valence-corrected chi connectivity index (χ2v) is 7.65. The fourth-order valence-corrected chi connectivity index (χ4v) is 5.25. The van der Waals surface area contributed by atoms with Crippen LogP contribution in [0.5, 0.6) is 0 Å². The number of fused-ring (bicyclic) bond motifs is 3. The van der Waals surface area contributed by atoms with Gasteiger partial charge < -0.3 is 0 Å². The maximum Gasteiger partial charge on any atom is 0.238 e. The van der Waals surface area contributed by atoms with Crippen molar-refractivity contribution in [2.45, 2.75) is 12.8 Å². The second kappa shape index (κ2) is 3.95. The highest BCUT2D eigenvalue weighted by molar-refractivity contribution is 6.42. The summed E-state index contributed by atoms with van der Waals surface area (Å²) in [5, 5.41) is 0.778. The van der Waals surface area contributed by atoms with Gasteiger partial charge in [-0.1, -0.05) is 35.4 Å². The maximum absolute atomic E-state index is 12.9. The van der Waals surface area contributed by atoms with E-state index in [9.17, 15) is 9.59 Å². The number of amides is 2. The van der Waals surface area contributed by atoms with Gasteiger partial charge in [0.1, 0.15) is 0 Å². The van der Waals surface area contributed by atoms with E-state index in [2.05, 4.69) is 12.2 Å². The molecule has 1 aromatic rings. The molecule has 0 radical (unpaired) electrons. The third-order valence-electron chi connectivity index (χ3n) is 6.01. The van der Waals surface area contributed by atoms with Gasteiger partial charge in [-0.3, -0.25) is 9.59 Å². The topological polar surface area (TPSA) is 37.4 Å². The molecule has 1 saturated heterocycles. The summed E-state index contributed by atoms with van der Waals surface area (Å²) >= 11 is 12.0. The van der Waals surface area contributed by atoms with E-state index in [-0.39, 0.29) is 40.9 Å². The SMILES string of the molecule is O=C1[C@@H]2[C@H](C(=O)N1c1ccc(Cl)c(Cl)c1)[C@@H]1C=C[C@@H]2C12CC2. The van der Waals surface area contributed by atoms with E-state index in [0.717, 1.165) is 12.8 Å². The number of carbonyl (C=O) groups is 2. The van der Waals surface area contributed by atoms with E-state index < -0.39 is 0 Å². The van der Waals surface area contributed by atoms with Crippen molar-refractivity contribution in [1.29, 1.82) is 0 Å². The van der Waals surface area contributed by atoms with Crippen molar-refractivity contribution in [3.05, 3.63) is 40.4 Å². The molecular weight excluding hydrogens is 321 g/mol. The number of imide groups is 1. The van der Waals surface area contributed by atoms with Gasteiger partial charge in [-0.15, -0.1) is 0 Å². The van der Waals surface area contributed by atoms with Crippen LogP contribution in [0.4, 0.5) is 5.69 Å². The van der Waals surface area contributed by atoms with Crippen LogP contribution in [-0.4, -0.2) is 11.8 Å². The van der Waals surface area contributed by atoms with Crippen molar-refractivity contribution in [2.75, 3.05) is 4.90 Å². The summed E-state index contributed by atoms with van der Waals surface area (Å²) in [5.74, 6) is -0.0228. The van der Waals surface area contributed by atoms with Gasteiger partial charge in [-0.25, -0.2) is 4.90 Å². The Kier molecular flexibility index (Phi) is 2.36. The standard InChI is InChI=1S/C17H13Cl2NO2/c18-11-4-1-8(7-12(11)19)20-15(21)13-9-2-3-10(14(13)16(20)22)17(9)5-6-17/h1-4,7,9-10,13-14H,5-6H2/t9-,10-,13-,14+/m0/s1. The smallest absolute Gasteiger partial charge is 0.238 e. The summed E-state index contributed by atoms with van der Waals surface area (Å²) in [6.45, 7) is 0. The summed E-state index contributed by atoms with van der Waals surface area (Å²) < 4.78 is 0. The minimum Gasteiger partial charge on any atom is -0.274 e. The van der Waals surface area contributed by atoms with Crippen LogP contribution in [0.3, 0.4) is 0 Å². The Labute approximate surface area is 137 Å². The average Bonchev–Trinajstić information content (AvgIpc) is 3.08. The molecule has 3 aliphatic carbocycles. The molecule has 0 N–H and O–H groups in total. The van der Waals surface area contributed by atoms with Gasteiger partial charge >= 0.3 is 0 Å². The third-order valence-corrected chi connectivity index (χ3v) is 6.75. The zero-order valence-electron chi connectivity index (χ0n) is 11.6. The van der Waals surface area contributed by atoms with Crippen LogP contribution in [0, 0.1) is 29.1 Å². The lowest BCUT2D eigenvalue weighted by Gasteiger charge is -2.22. The lowest BCUT2D eigenvalue weighted by molar-refractivity contribution is -0.123. The number of nitrogens with zero attached hydrogens (tertiary/aromatic N) is 1. The molecule has 3 nitrogen and oxygen atoms in total. The molecule has 3 fully saturated rings. The van der Waals surface area contributed by atoms with Crippen LogP contribution in [-0.2, 0) is 9.59 Å². The van der Waals surface area contributed by atoms with Crippen molar-refractivity contribution in [3.63, 3.8) is 0 Å². The second-order valence-electron chi connectivity index (χ2n) is 6.83. The van der Waals surface area contributed by atoms with E-state index >= 15 is 0 Å². The molecule has 4 aliphatic rings. The largest absolute Gasteiger partial charge is 0.274 e. The van der Waals surface area contributed by atoms with Crippen LogP contribution in [0.15, 0.2) is 30.4 Å². The normalized spacial score (nSPS) is 36.5. The van der Waals surface area contributed by atoms with Crippen molar-refractivity contribution < 1.29 is 9.59 Å². The number of carbonyl (C=O) groups excluding carboxylic acids is 2. The monoisotopic (exact) mass is 333 g/mol. The van der Waals surface area contributed by atoms with E-state index in [0.29, 0.717) is 15.7 Å². The highest BCUT2D eigenvalue weighted by atomic mass is 35.5. The Hall–Kier alpha value is -1.32. The first-order valence-corrected chi connectivity index (χ1v) is 8.31. The molecule has 112 valence electrons. The molecule has 5 rings (SSSR count). The number of benzene rings is 1. The zero-order valence-corrected chi connectivity index (χ0v) is 13.1. The van der Waals surface area contributed by atoms with Gasteiger partial charge in [0.2, 0.25) is 11.8 Å². The molecular formula is C17H13Cl2NO2. The number of hydrogen-bond donors (Lipinski definition) is 0. The van der Waals surface area contributed by atoms with E-state index in [1.807, 2.05) is 0 Å². The first-order valence-electron chi connectivity index (χ1n) is 7.56. The first kappa shape index (κ1) is 13.1. The molecule has 1 spiro atoms. The van der Waals surface area contributed by atoms with Gasteiger partial charge in [-0.05, 0) is 48.3 Å². The molecule has 1 heterocycles. The minimum atomic E-state index is -0.181. The summed E-state index contributed by atoms with van der Waals surface area (Å²) in [6, 6.07) is 4.92. The van der Waals surface area contributed by atoms with Gasteiger partial charge in [0.05, 0.1) is 27.6 Å². The Bertz CT molecular complexity index is 734. The molecule has 2 bridgehead atoms. The third kappa shape index (κ3) is 1.35. The summed E-state index contributed by atoms with van der Waals surface area (Å²) in [7, 11) is 0. The molecule has 5 heteroatoms. The molecule has 1 aliphatic heterocycles. The predicted molar refractivity (Wildman–Crippen MR) is 83.7 cm³/mol. The maximum atomic E-state index is 12.9. The Morgan fingerprint density at radius 2 is 1.55 bits per heavy atom.